The van der Waals surface area contributed by atoms with E-state index in [2.05, 4.69) is 37.2 Å². The second-order valence-corrected chi connectivity index (χ2v) is 8.28. The van der Waals surface area contributed by atoms with E-state index in [9.17, 15) is 9.59 Å². The highest BCUT2D eigenvalue weighted by molar-refractivity contribution is 9.10. The Kier molecular flexibility index (Phi) is 3.55. The Balaban J connectivity index is 1.93. The number of hydrogen-bond acceptors (Lipinski definition) is 3. The van der Waals surface area contributed by atoms with E-state index in [1.54, 1.807) is 4.90 Å². The molecule has 2 aliphatic rings. The lowest BCUT2D eigenvalue weighted by Crippen LogP contribution is -2.47. The zero-order valence-corrected chi connectivity index (χ0v) is 15.7. The molecule has 116 valence electrons. The van der Waals surface area contributed by atoms with Crippen molar-refractivity contribution in [3.05, 3.63) is 57.0 Å². The van der Waals surface area contributed by atoms with Gasteiger partial charge in [-0.1, -0.05) is 31.9 Å². The van der Waals surface area contributed by atoms with E-state index >= 15 is 0 Å². The summed E-state index contributed by atoms with van der Waals surface area (Å²) in [5, 5.41) is 2.91. The number of carbonyl (C=O) groups is 2. The van der Waals surface area contributed by atoms with Gasteiger partial charge in [0.25, 0.3) is 5.91 Å². The Labute approximate surface area is 153 Å². The first-order chi connectivity index (χ1) is 11.0. The maximum absolute atomic E-state index is 12.8. The van der Waals surface area contributed by atoms with Crippen molar-refractivity contribution in [3.63, 3.8) is 0 Å². The minimum atomic E-state index is -1.04. The van der Waals surface area contributed by atoms with Gasteiger partial charge in [-0.3, -0.25) is 14.5 Å². The summed E-state index contributed by atoms with van der Waals surface area (Å²) in [6, 6.07) is 13.1. The molecule has 7 heteroatoms. The first kappa shape index (κ1) is 15.2. The van der Waals surface area contributed by atoms with Gasteiger partial charge in [0.2, 0.25) is 10.8 Å². The largest absolute Gasteiger partial charge is 0.323 e. The molecular formula is C16H10Br2N2O2S. The summed E-state index contributed by atoms with van der Waals surface area (Å²) in [4.78, 5) is 25.9. The lowest BCUT2D eigenvalue weighted by molar-refractivity contribution is -0.122. The quantitative estimate of drug-likeness (QED) is 0.707. The number of hydrogen-bond donors (Lipinski definition) is 1. The van der Waals surface area contributed by atoms with Gasteiger partial charge in [0.05, 0.1) is 5.75 Å². The fourth-order valence-electron chi connectivity index (χ4n) is 2.99. The number of carbonyl (C=O) groups excluding carboxylic acids is 2. The molecule has 0 radical (unpaired) electrons. The second kappa shape index (κ2) is 5.36. The van der Waals surface area contributed by atoms with Gasteiger partial charge < -0.3 is 5.32 Å². The number of nitrogens with one attached hydrogen (secondary N) is 1. The summed E-state index contributed by atoms with van der Waals surface area (Å²) in [5.74, 6) is 0.0276. The Hall–Kier alpha value is -1.31. The minimum Gasteiger partial charge on any atom is -0.323 e. The molecule has 2 aromatic carbocycles. The number of amides is 2. The molecule has 2 heterocycles. The summed E-state index contributed by atoms with van der Waals surface area (Å²) >= 11 is 8.21. The topological polar surface area (TPSA) is 49.4 Å². The SMILES string of the molecule is O=C1CSC2(C(=O)Nc3ccc(Br)cc32)N1c1ccc(Br)cc1. The van der Waals surface area contributed by atoms with Crippen molar-refractivity contribution >= 4 is 66.8 Å². The van der Waals surface area contributed by atoms with E-state index in [4.69, 9.17) is 0 Å². The van der Waals surface area contributed by atoms with Gasteiger partial charge in [-0.25, -0.2) is 0 Å². The molecule has 2 amide bonds. The molecule has 2 aliphatic heterocycles. The van der Waals surface area contributed by atoms with Gasteiger partial charge in [0, 0.05) is 25.9 Å². The first-order valence-corrected chi connectivity index (χ1v) is 9.43. The molecule has 1 fully saturated rings. The Bertz CT molecular complexity index is 840. The van der Waals surface area contributed by atoms with Crippen molar-refractivity contribution in [1.29, 1.82) is 0 Å². The van der Waals surface area contributed by atoms with E-state index < -0.39 is 4.87 Å². The van der Waals surface area contributed by atoms with Crippen LogP contribution in [-0.4, -0.2) is 17.6 Å². The number of benzene rings is 2. The van der Waals surface area contributed by atoms with Crippen molar-refractivity contribution in [2.45, 2.75) is 4.87 Å². The molecule has 1 N–H and O–H groups in total. The predicted octanol–water partition coefficient (Wildman–Crippen LogP) is 4.10. The number of nitrogens with zero attached hydrogens (tertiary/aromatic N) is 1. The maximum atomic E-state index is 12.8. The minimum absolute atomic E-state index is 0.0692. The molecule has 0 aliphatic carbocycles. The van der Waals surface area contributed by atoms with E-state index in [1.807, 2.05) is 42.5 Å². The summed E-state index contributed by atoms with van der Waals surface area (Å²) in [6.07, 6.45) is 0. The van der Waals surface area contributed by atoms with E-state index in [1.165, 1.54) is 11.8 Å². The molecule has 2 aromatic rings. The van der Waals surface area contributed by atoms with Crippen LogP contribution in [0.4, 0.5) is 11.4 Å². The van der Waals surface area contributed by atoms with Crippen LogP contribution in [0.15, 0.2) is 51.4 Å². The van der Waals surface area contributed by atoms with Gasteiger partial charge in [0.1, 0.15) is 0 Å². The average molecular weight is 454 g/mol. The molecular weight excluding hydrogens is 444 g/mol. The summed E-state index contributed by atoms with van der Waals surface area (Å²) < 4.78 is 1.80. The van der Waals surface area contributed by atoms with Gasteiger partial charge >= 0.3 is 0 Å². The zero-order chi connectivity index (χ0) is 16.2. The highest BCUT2D eigenvalue weighted by Gasteiger charge is 2.58. The van der Waals surface area contributed by atoms with Crippen LogP contribution in [0.2, 0.25) is 0 Å². The lowest BCUT2D eigenvalue weighted by atomic mass is 10.0. The van der Waals surface area contributed by atoms with E-state index in [0.29, 0.717) is 5.69 Å². The van der Waals surface area contributed by atoms with E-state index in [-0.39, 0.29) is 17.6 Å². The number of halogens is 2. The normalized spacial score (nSPS) is 22.6. The van der Waals surface area contributed by atoms with Gasteiger partial charge in [-0.05, 0) is 42.5 Å². The second-order valence-electron chi connectivity index (χ2n) is 5.28. The molecule has 4 rings (SSSR count). The molecule has 0 aromatic heterocycles. The third kappa shape index (κ3) is 2.17. The Morgan fingerprint density at radius 1 is 1.04 bits per heavy atom. The summed E-state index contributed by atoms with van der Waals surface area (Å²) in [5.41, 5.74) is 2.28. The maximum Gasteiger partial charge on any atom is 0.266 e. The predicted molar refractivity (Wildman–Crippen MR) is 98.5 cm³/mol. The van der Waals surface area contributed by atoms with E-state index in [0.717, 1.165) is 20.2 Å². The van der Waals surface area contributed by atoms with Crippen LogP contribution in [-0.2, 0) is 14.5 Å². The van der Waals surface area contributed by atoms with Crippen molar-refractivity contribution in [2.75, 3.05) is 16.0 Å². The monoisotopic (exact) mass is 452 g/mol. The van der Waals surface area contributed by atoms with Crippen LogP contribution in [0.1, 0.15) is 5.56 Å². The molecule has 0 saturated carbocycles. The summed E-state index contributed by atoms with van der Waals surface area (Å²) in [7, 11) is 0. The third-order valence-electron chi connectivity index (χ3n) is 3.96. The zero-order valence-electron chi connectivity index (χ0n) is 11.7. The van der Waals surface area contributed by atoms with Gasteiger partial charge in [-0.2, -0.15) is 0 Å². The van der Waals surface area contributed by atoms with Crippen molar-refractivity contribution in [3.8, 4) is 0 Å². The lowest BCUT2D eigenvalue weighted by Gasteiger charge is -2.32. The smallest absolute Gasteiger partial charge is 0.266 e. The number of rotatable bonds is 1. The number of fused-ring (bicyclic) bond motifs is 2. The summed E-state index contributed by atoms with van der Waals surface area (Å²) in [6.45, 7) is 0. The standard InChI is InChI=1S/C16H10Br2N2O2S/c17-9-1-4-11(5-2-9)20-14(21)8-23-16(20)12-7-10(18)3-6-13(12)19-15(16)22/h1-7H,8H2,(H,19,22). The highest BCUT2D eigenvalue weighted by atomic mass is 79.9. The van der Waals surface area contributed by atoms with Crippen molar-refractivity contribution < 1.29 is 9.59 Å². The molecule has 1 atom stereocenters. The molecule has 23 heavy (non-hydrogen) atoms. The molecule has 1 saturated heterocycles. The van der Waals surface area contributed by atoms with Gasteiger partial charge in [0.15, 0.2) is 0 Å². The van der Waals surface area contributed by atoms with Crippen LogP contribution in [0, 0.1) is 0 Å². The first-order valence-electron chi connectivity index (χ1n) is 6.86. The fourth-order valence-corrected chi connectivity index (χ4v) is 4.92. The fraction of sp³-hybridized carbons (Fsp3) is 0.125. The highest BCUT2D eigenvalue weighted by Crippen LogP contribution is 2.54. The molecule has 4 nitrogen and oxygen atoms in total. The van der Waals surface area contributed by atoms with Crippen LogP contribution in [0.25, 0.3) is 0 Å². The molecule has 1 unspecified atom stereocenters. The van der Waals surface area contributed by atoms with Gasteiger partial charge in [-0.15, -0.1) is 11.8 Å². The van der Waals surface area contributed by atoms with Crippen molar-refractivity contribution in [2.24, 2.45) is 0 Å². The average Bonchev–Trinajstić information content (AvgIpc) is 3.01. The van der Waals surface area contributed by atoms with Crippen LogP contribution < -0.4 is 10.2 Å². The number of anilines is 2. The van der Waals surface area contributed by atoms with Crippen molar-refractivity contribution in [1.82, 2.24) is 0 Å². The molecule has 1 spiro atoms. The Morgan fingerprint density at radius 2 is 1.74 bits per heavy atom. The van der Waals surface area contributed by atoms with Crippen LogP contribution in [0.3, 0.4) is 0 Å². The number of thioether (sulfide) groups is 1. The third-order valence-corrected chi connectivity index (χ3v) is 6.38. The van der Waals surface area contributed by atoms with Crippen LogP contribution in [0.5, 0.6) is 0 Å². The van der Waals surface area contributed by atoms with Crippen LogP contribution >= 0.6 is 43.6 Å². The molecule has 0 bridgehead atoms. The Morgan fingerprint density at radius 3 is 2.48 bits per heavy atom.